The van der Waals surface area contributed by atoms with Gasteiger partial charge in [0.2, 0.25) is 0 Å². The molecule has 106 valence electrons. The first-order valence-electron chi connectivity index (χ1n) is 7.27. The Morgan fingerprint density at radius 1 is 1.00 bits per heavy atom. The highest BCUT2D eigenvalue weighted by Gasteiger charge is 2.07. The van der Waals surface area contributed by atoms with E-state index >= 15 is 0 Å². The van der Waals surface area contributed by atoms with Crippen molar-refractivity contribution in [1.82, 2.24) is 5.32 Å². The predicted octanol–water partition coefficient (Wildman–Crippen LogP) is 3.98. The van der Waals surface area contributed by atoms with Crippen molar-refractivity contribution in [1.29, 1.82) is 0 Å². The smallest absolute Gasteiger partial charge is 0.115 e. The summed E-state index contributed by atoms with van der Waals surface area (Å²) in [6.07, 6.45) is 2.06. The van der Waals surface area contributed by atoms with Crippen LogP contribution in [0.3, 0.4) is 0 Å². The summed E-state index contributed by atoms with van der Waals surface area (Å²) in [6.45, 7) is 5.26. The monoisotopic (exact) mass is 269 g/mol. The molecule has 2 aromatic carbocycles. The summed E-state index contributed by atoms with van der Waals surface area (Å²) in [5.74, 6) is 0.327. The van der Waals surface area contributed by atoms with Crippen molar-refractivity contribution in [2.75, 3.05) is 6.54 Å². The second-order valence-electron chi connectivity index (χ2n) is 5.24. The summed E-state index contributed by atoms with van der Waals surface area (Å²) in [5, 5.41) is 12.9. The van der Waals surface area contributed by atoms with Crippen LogP contribution in [-0.4, -0.2) is 11.7 Å². The van der Waals surface area contributed by atoms with E-state index in [1.54, 1.807) is 12.1 Å². The molecule has 0 saturated carbocycles. The zero-order valence-corrected chi connectivity index (χ0v) is 12.3. The first-order chi connectivity index (χ1) is 9.69. The van der Waals surface area contributed by atoms with Gasteiger partial charge in [-0.25, -0.2) is 0 Å². The predicted molar refractivity (Wildman–Crippen MR) is 84.0 cm³/mol. The van der Waals surface area contributed by atoms with E-state index in [0.717, 1.165) is 19.4 Å². The molecule has 0 fully saturated rings. The van der Waals surface area contributed by atoms with Crippen molar-refractivity contribution in [3.8, 4) is 5.75 Å². The average Bonchev–Trinajstić information content (AvgIpc) is 2.47. The van der Waals surface area contributed by atoms with Gasteiger partial charge in [0.1, 0.15) is 5.75 Å². The Hall–Kier alpha value is -1.80. The average molecular weight is 269 g/mol. The van der Waals surface area contributed by atoms with Gasteiger partial charge in [0.15, 0.2) is 0 Å². The topological polar surface area (TPSA) is 32.3 Å². The van der Waals surface area contributed by atoms with E-state index in [9.17, 15) is 5.11 Å². The molecule has 1 atom stereocenters. The first kappa shape index (κ1) is 14.6. The Morgan fingerprint density at radius 2 is 1.65 bits per heavy atom. The molecule has 2 rings (SSSR count). The normalized spacial score (nSPS) is 12.3. The van der Waals surface area contributed by atoms with Crippen LogP contribution >= 0.6 is 0 Å². The standard InChI is InChI=1S/C18H23NO/c1-3-18(16-8-4-14(2)5-9-16)19-13-12-15-6-10-17(20)11-7-15/h4-11,18-20H,3,12-13H2,1-2H3. The molecule has 0 aliphatic heterocycles. The van der Waals surface area contributed by atoms with Gasteiger partial charge in [0, 0.05) is 6.04 Å². The third-order valence-electron chi connectivity index (χ3n) is 3.63. The molecule has 0 heterocycles. The van der Waals surface area contributed by atoms with Crippen LogP contribution < -0.4 is 5.32 Å². The molecule has 0 amide bonds. The van der Waals surface area contributed by atoms with Gasteiger partial charge in [0.05, 0.1) is 0 Å². The maximum Gasteiger partial charge on any atom is 0.115 e. The van der Waals surface area contributed by atoms with Crippen LogP contribution in [0, 0.1) is 6.92 Å². The molecule has 0 aromatic heterocycles. The molecule has 0 spiro atoms. The van der Waals surface area contributed by atoms with E-state index in [0.29, 0.717) is 11.8 Å². The van der Waals surface area contributed by atoms with E-state index in [2.05, 4.69) is 43.4 Å². The lowest BCUT2D eigenvalue weighted by Gasteiger charge is -2.17. The number of aryl methyl sites for hydroxylation is 1. The lowest BCUT2D eigenvalue weighted by atomic mass is 10.0. The highest BCUT2D eigenvalue weighted by atomic mass is 16.3. The van der Waals surface area contributed by atoms with Gasteiger partial charge < -0.3 is 10.4 Å². The van der Waals surface area contributed by atoms with Crippen molar-refractivity contribution in [3.05, 3.63) is 65.2 Å². The summed E-state index contributed by atoms with van der Waals surface area (Å²) in [4.78, 5) is 0. The summed E-state index contributed by atoms with van der Waals surface area (Å²) in [7, 11) is 0. The van der Waals surface area contributed by atoms with Crippen molar-refractivity contribution >= 4 is 0 Å². The van der Waals surface area contributed by atoms with Crippen LogP contribution in [0.2, 0.25) is 0 Å². The lowest BCUT2D eigenvalue weighted by molar-refractivity contribution is 0.475. The summed E-state index contributed by atoms with van der Waals surface area (Å²) < 4.78 is 0. The van der Waals surface area contributed by atoms with Gasteiger partial charge in [-0.05, 0) is 49.6 Å². The second-order valence-corrected chi connectivity index (χ2v) is 5.24. The fourth-order valence-electron chi connectivity index (χ4n) is 2.35. The summed E-state index contributed by atoms with van der Waals surface area (Å²) in [5.41, 5.74) is 3.89. The minimum Gasteiger partial charge on any atom is -0.508 e. The molecule has 0 aliphatic carbocycles. The molecule has 2 nitrogen and oxygen atoms in total. The van der Waals surface area contributed by atoms with Crippen LogP contribution in [0.4, 0.5) is 0 Å². The molecular formula is C18H23NO. The number of aromatic hydroxyl groups is 1. The van der Waals surface area contributed by atoms with Gasteiger partial charge in [-0.1, -0.05) is 48.9 Å². The van der Waals surface area contributed by atoms with Gasteiger partial charge in [0.25, 0.3) is 0 Å². The maximum atomic E-state index is 9.26. The third-order valence-corrected chi connectivity index (χ3v) is 3.63. The van der Waals surface area contributed by atoms with Gasteiger partial charge in [-0.2, -0.15) is 0 Å². The van der Waals surface area contributed by atoms with E-state index < -0.39 is 0 Å². The molecule has 0 aliphatic rings. The largest absolute Gasteiger partial charge is 0.508 e. The number of rotatable bonds is 6. The van der Waals surface area contributed by atoms with Gasteiger partial charge in [-0.15, -0.1) is 0 Å². The lowest BCUT2D eigenvalue weighted by Crippen LogP contribution is -2.23. The highest BCUT2D eigenvalue weighted by molar-refractivity contribution is 5.26. The van der Waals surface area contributed by atoms with Crippen LogP contribution in [-0.2, 0) is 6.42 Å². The van der Waals surface area contributed by atoms with Crippen LogP contribution in [0.15, 0.2) is 48.5 Å². The van der Waals surface area contributed by atoms with Crippen molar-refractivity contribution in [3.63, 3.8) is 0 Å². The van der Waals surface area contributed by atoms with E-state index in [4.69, 9.17) is 0 Å². The Balaban J connectivity index is 1.87. The zero-order valence-electron chi connectivity index (χ0n) is 12.3. The molecule has 2 aromatic rings. The minimum atomic E-state index is 0.327. The number of nitrogens with one attached hydrogen (secondary N) is 1. The maximum absolute atomic E-state index is 9.26. The Kier molecular flexibility index (Phi) is 5.19. The minimum absolute atomic E-state index is 0.327. The number of hydrogen-bond donors (Lipinski definition) is 2. The van der Waals surface area contributed by atoms with Crippen molar-refractivity contribution in [2.45, 2.75) is 32.7 Å². The summed E-state index contributed by atoms with van der Waals surface area (Å²) >= 11 is 0. The molecule has 2 heteroatoms. The molecule has 20 heavy (non-hydrogen) atoms. The zero-order chi connectivity index (χ0) is 14.4. The van der Waals surface area contributed by atoms with Gasteiger partial charge >= 0.3 is 0 Å². The second kappa shape index (κ2) is 7.11. The van der Waals surface area contributed by atoms with E-state index in [-0.39, 0.29) is 0 Å². The van der Waals surface area contributed by atoms with E-state index in [1.807, 2.05) is 12.1 Å². The molecule has 0 radical (unpaired) electrons. The van der Waals surface area contributed by atoms with Crippen molar-refractivity contribution < 1.29 is 5.11 Å². The molecule has 2 N–H and O–H groups in total. The number of phenols is 1. The summed E-state index contributed by atoms with van der Waals surface area (Å²) in [6, 6.07) is 16.6. The molecular weight excluding hydrogens is 246 g/mol. The Labute approximate surface area is 121 Å². The number of benzene rings is 2. The van der Waals surface area contributed by atoms with Crippen LogP contribution in [0.5, 0.6) is 5.75 Å². The van der Waals surface area contributed by atoms with Crippen molar-refractivity contribution in [2.24, 2.45) is 0 Å². The van der Waals surface area contributed by atoms with Crippen LogP contribution in [0.25, 0.3) is 0 Å². The Morgan fingerprint density at radius 3 is 2.25 bits per heavy atom. The SMILES string of the molecule is CCC(NCCc1ccc(O)cc1)c1ccc(C)cc1. The van der Waals surface area contributed by atoms with Gasteiger partial charge in [-0.3, -0.25) is 0 Å². The molecule has 0 saturated heterocycles. The number of phenolic OH excluding ortho intramolecular Hbond substituents is 1. The van der Waals surface area contributed by atoms with E-state index in [1.165, 1.54) is 16.7 Å². The molecule has 0 bridgehead atoms. The Bertz CT molecular complexity index is 516. The fourth-order valence-corrected chi connectivity index (χ4v) is 2.35. The highest BCUT2D eigenvalue weighted by Crippen LogP contribution is 2.17. The molecule has 1 unspecified atom stereocenters. The third kappa shape index (κ3) is 4.10. The van der Waals surface area contributed by atoms with Crippen LogP contribution in [0.1, 0.15) is 36.1 Å². The fraction of sp³-hybridized carbons (Fsp3) is 0.333. The quantitative estimate of drug-likeness (QED) is 0.831. The first-order valence-corrected chi connectivity index (χ1v) is 7.27. The number of hydrogen-bond acceptors (Lipinski definition) is 2.